The number of carbonyl (C=O) groups excluding carboxylic acids is 1. The topological polar surface area (TPSA) is 65.0 Å². The lowest BCUT2D eigenvalue weighted by Gasteiger charge is -2.16. The molecule has 1 aromatic carbocycles. The van der Waals surface area contributed by atoms with Gasteiger partial charge in [-0.1, -0.05) is 6.07 Å². The van der Waals surface area contributed by atoms with Crippen LogP contribution in [0.15, 0.2) is 18.2 Å². The van der Waals surface area contributed by atoms with Gasteiger partial charge in [0.05, 0.1) is 18.8 Å². The molecule has 0 fully saturated rings. The Morgan fingerprint density at radius 1 is 1.21 bits per heavy atom. The monoisotopic (exact) mass is 268 g/mol. The minimum atomic E-state index is -0.742. The van der Waals surface area contributed by atoms with Crippen molar-refractivity contribution in [2.75, 3.05) is 26.4 Å². The third-order valence-electron chi connectivity index (χ3n) is 2.37. The molecule has 1 unspecified atom stereocenters. The molecule has 106 valence electrons. The first-order valence-electron chi connectivity index (χ1n) is 6.32. The van der Waals surface area contributed by atoms with E-state index in [2.05, 4.69) is 0 Å². The zero-order valence-corrected chi connectivity index (χ0v) is 11.3. The molecule has 0 aromatic heterocycles. The van der Waals surface area contributed by atoms with Crippen LogP contribution in [0, 0.1) is 0 Å². The van der Waals surface area contributed by atoms with E-state index < -0.39 is 6.10 Å². The van der Waals surface area contributed by atoms with E-state index in [1.54, 1.807) is 18.2 Å². The molecule has 1 rings (SSSR count). The molecular weight excluding hydrogens is 248 g/mol. The van der Waals surface area contributed by atoms with Gasteiger partial charge >= 0.3 is 0 Å². The average Bonchev–Trinajstić information content (AvgIpc) is 2.43. The molecule has 0 bridgehead atoms. The molecule has 0 aliphatic heterocycles. The molecule has 1 N–H and O–H groups in total. The molecule has 0 heterocycles. The fourth-order valence-corrected chi connectivity index (χ4v) is 1.53. The van der Waals surface area contributed by atoms with Gasteiger partial charge in [0.2, 0.25) is 0 Å². The smallest absolute Gasteiger partial charge is 0.171 e. The van der Waals surface area contributed by atoms with Crippen LogP contribution in [-0.2, 0) is 4.74 Å². The Morgan fingerprint density at radius 3 is 2.63 bits per heavy atom. The van der Waals surface area contributed by atoms with Crippen molar-refractivity contribution < 1.29 is 24.1 Å². The van der Waals surface area contributed by atoms with Gasteiger partial charge in [-0.25, -0.2) is 0 Å². The van der Waals surface area contributed by atoms with Gasteiger partial charge in [-0.15, -0.1) is 0 Å². The molecule has 0 radical (unpaired) electrons. The Labute approximate surface area is 113 Å². The van der Waals surface area contributed by atoms with Crippen molar-refractivity contribution in [2.24, 2.45) is 0 Å². The standard InChI is InChI=1S/C14H20O5/c1-3-17-9-12(16)10-19-14-11(8-15)6-5-7-13(14)18-4-2/h5-8,12,16H,3-4,9-10H2,1-2H3. The molecule has 5 nitrogen and oxygen atoms in total. The van der Waals surface area contributed by atoms with Crippen molar-refractivity contribution in [1.82, 2.24) is 0 Å². The highest BCUT2D eigenvalue weighted by Gasteiger charge is 2.13. The van der Waals surface area contributed by atoms with Gasteiger partial charge in [0.25, 0.3) is 0 Å². The first-order valence-corrected chi connectivity index (χ1v) is 6.32. The first kappa shape index (κ1) is 15.5. The number of hydrogen-bond acceptors (Lipinski definition) is 5. The first-order chi connectivity index (χ1) is 9.22. The van der Waals surface area contributed by atoms with Gasteiger partial charge in [-0.2, -0.15) is 0 Å². The summed E-state index contributed by atoms with van der Waals surface area (Å²) in [4.78, 5) is 11.0. The molecule has 0 saturated carbocycles. The van der Waals surface area contributed by atoms with Gasteiger partial charge in [-0.3, -0.25) is 4.79 Å². The zero-order chi connectivity index (χ0) is 14.1. The fraction of sp³-hybridized carbons (Fsp3) is 0.500. The summed E-state index contributed by atoms with van der Waals surface area (Å²) in [6, 6.07) is 5.08. The Balaban J connectivity index is 2.71. The largest absolute Gasteiger partial charge is 0.490 e. The number of aliphatic hydroxyl groups excluding tert-OH is 1. The van der Waals surface area contributed by atoms with Crippen LogP contribution in [0.25, 0.3) is 0 Å². The maximum absolute atomic E-state index is 11.0. The maximum atomic E-state index is 11.0. The number of hydrogen-bond donors (Lipinski definition) is 1. The SMILES string of the molecule is CCOCC(O)COc1c(C=O)cccc1OCC. The normalized spacial score (nSPS) is 11.9. The van der Waals surface area contributed by atoms with E-state index in [4.69, 9.17) is 14.2 Å². The van der Waals surface area contributed by atoms with Crippen molar-refractivity contribution in [2.45, 2.75) is 20.0 Å². The molecule has 5 heteroatoms. The van der Waals surface area contributed by atoms with Gasteiger partial charge in [0.15, 0.2) is 17.8 Å². The minimum Gasteiger partial charge on any atom is -0.490 e. The highest BCUT2D eigenvalue weighted by molar-refractivity contribution is 5.81. The predicted octanol–water partition coefficient (Wildman–Crippen LogP) is 1.67. The quantitative estimate of drug-likeness (QED) is 0.690. The van der Waals surface area contributed by atoms with E-state index in [1.165, 1.54) is 0 Å². The summed E-state index contributed by atoms with van der Waals surface area (Å²) in [5.74, 6) is 0.852. The summed E-state index contributed by atoms with van der Waals surface area (Å²) in [5, 5.41) is 9.65. The number of carbonyl (C=O) groups is 1. The molecule has 1 atom stereocenters. The Hall–Kier alpha value is -1.59. The molecular formula is C14H20O5. The van der Waals surface area contributed by atoms with Crippen molar-refractivity contribution in [3.05, 3.63) is 23.8 Å². The second-order valence-corrected chi connectivity index (χ2v) is 3.85. The van der Waals surface area contributed by atoms with E-state index in [1.807, 2.05) is 13.8 Å². The molecule has 19 heavy (non-hydrogen) atoms. The summed E-state index contributed by atoms with van der Waals surface area (Å²) in [7, 11) is 0. The third kappa shape index (κ3) is 4.89. The Kier molecular flexibility index (Phi) is 6.92. The highest BCUT2D eigenvalue weighted by atomic mass is 16.5. The van der Waals surface area contributed by atoms with Crippen LogP contribution in [0.5, 0.6) is 11.5 Å². The lowest BCUT2D eigenvalue weighted by atomic mass is 10.2. The number of rotatable bonds is 9. The third-order valence-corrected chi connectivity index (χ3v) is 2.37. The van der Waals surface area contributed by atoms with Crippen molar-refractivity contribution in [3.8, 4) is 11.5 Å². The van der Waals surface area contributed by atoms with Crippen LogP contribution in [0.2, 0.25) is 0 Å². The summed E-state index contributed by atoms with van der Waals surface area (Å²) in [5.41, 5.74) is 0.398. The van der Waals surface area contributed by atoms with Crippen molar-refractivity contribution in [3.63, 3.8) is 0 Å². The fourth-order valence-electron chi connectivity index (χ4n) is 1.53. The lowest BCUT2D eigenvalue weighted by Crippen LogP contribution is -2.23. The number of aliphatic hydroxyl groups is 1. The molecule has 0 amide bonds. The molecule has 0 aliphatic carbocycles. The van der Waals surface area contributed by atoms with E-state index in [0.717, 1.165) is 0 Å². The van der Waals surface area contributed by atoms with Crippen molar-refractivity contribution in [1.29, 1.82) is 0 Å². The van der Waals surface area contributed by atoms with Crippen LogP contribution < -0.4 is 9.47 Å². The molecule has 0 aliphatic rings. The maximum Gasteiger partial charge on any atom is 0.171 e. The summed E-state index contributed by atoms with van der Waals surface area (Å²) in [6.45, 7) is 4.95. The van der Waals surface area contributed by atoms with Gasteiger partial charge in [0, 0.05) is 6.61 Å². The van der Waals surface area contributed by atoms with Gasteiger partial charge in [-0.05, 0) is 26.0 Å². The summed E-state index contributed by atoms with van der Waals surface area (Å²) < 4.78 is 16.0. The second-order valence-electron chi connectivity index (χ2n) is 3.85. The Bertz CT molecular complexity index is 391. The van der Waals surface area contributed by atoms with Crippen LogP contribution in [-0.4, -0.2) is 43.9 Å². The van der Waals surface area contributed by atoms with Crippen LogP contribution in [0.3, 0.4) is 0 Å². The van der Waals surface area contributed by atoms with E-state index in [-0.39, 0.29) is 13.2 Å². The molecule has 0 saturated heterocycles. The Morgan fingerprint density at radius 2 is 2.00 bits per heavy atom. The van der Waals surface area contributed by atoms with E-state index >= 15 is 0 Å². The number of aldehydes is 1. The predicted molar refractivity (Wildman–Crippen MR) is 71.0 cm³/mol. The second kappa shape index (κ2) is 8.50. The van der Waals surface area contributed by atoms with Crippen molar-refractivity contribution >= 4 is 6.29 Å². The van der Waals surface area contributed by atoms with Crippen LogP contribution in [0.1, 0.15) is 24.2 Å². The molecule has 0 spiro atoms. The highest BCUT2D eigenvalue weighted by Crippen LogP contribution is 2.30. The average molecular weight is 268 g/mol. The summed E-state index contributed by atoms with van der Waals surface area (Å²) in [6.07, 6.45) is -0.0404. The minimum absolute atomic E-state index is 0.0466. The number of para-hydroxylation sites is 1. The van der Waals surface area contributed by atoms with Gasteiger partial charge < -0.3 is 19.3 Å². The summed E-state index contributed by atoms with van der Waals surface area (Å²) >= 11 is 0. The van der Waals surface area contributed by atoms with Crippen LogP contribution in [0.4, 0.5) is 0 Å². The zero-order valence-electron chi connectivity index (χ0n) is 11.3. The number of benzene rings is 1. The van der Waals surface area contributed by atoms with Gasteiger partial charge in [0.1, 0.15) is 12.7 Å². The lowest BCUT2D eigenvalue weighted by molar-refractivity contribution is 0.0157. The van der Waals surface area contributed by atoms with E-state index in [0.29, 0.717) is 36.6 Å². The number of ether oxygens (including phenoxy) is 3. The van der Waals surface area contributed by atoms with Crippen LogP contribution >= 0.6 is 0 Å². The molecule has 1 aromatic rings. The van der Waals surface area contributed by atoms with E-state index in [9.17, 15) is 9.90 Å².